The quantitative estimate of drug-likeness (QED) is 0.672. The van der Waals surface area contributed by atoms with Crippen molar-refractivity contribution in [3.63, 3.8) is 0 Å². The van der Waals surface area contributed by atoms with E-state index in [1.54, 1.807) is 18.2 Å². The highest BCUT2D eigenvalue weighted by atomic mass is 79.9. The lowest BCUT2D eigenvalue weighted by molar-refractivity contribution is 0.279. The summed E-state index contributed by atoms with van der Waals surface area (Å²) in [6.07, 6.45) is 3.26. The van der Waals surface area contributed by atoms with E-state index in [1.807, 2.05) is 0 Å². The van der Waals surface area contributed by atoms with Crippen LogP contribution in [0.2, 0.25) is 10.0 Å². The van der Waals surface area contributed by atoms with Crippen LogP contribution in [0.25, 0.3) is 0 Å². The lowest BCUT2D eigenvalue weighted by atomic mass is 10.3. The molecule has 0 amide bonds. The van der Waals surface area contributed by atoms with Crippen LogP contribution in [-0.2, 0) is 0 Å². The predicted molar refractivity (Wildman–Crippen MR) is 69.3 cm³/mol. The first-order valence-electron chi connectivity index (χ1n) is 4.88. The summed E-state index contributed by atoms with van der Waals surface area (Å²) < 4.78 is 5.63. The summed E-state index contributed by atoms with van der Waals surface area (Å²) in [4.78, 5) is 0. The molecular formula is C11H13BrCl2O. The van der Waals surface area contributed by atoms with E-state index in [-0.39, 0.29) is 5.01 Å². The highest BCUT2D eigenvalue weighted by molar-refractivity contribution is 9.09. The predicted octanol–water partition coefficient (Wildman–Crippen LogP) is 5.28. The van der Waals surface area contributed by atoms with Gasteiger partial charge in [0, 0.05) is 10.0 Å². The Kier molecular flexibility index (Phi) is 5.80. The van der Waals surface area contributed by atoms with Crippen molar-refractivity contribution < 1.29 is 4.74 Å². The summed E-state index contributed by atoms with van der Waals surface area (Å²) >= 11 is 15.2. The van der Waals surface area contributed by atoms with E-state index in [1.165, 1.54) is 0 Å². The second-order valence-electron chi connectivity index (χ2n) is 3.28. The normalized spacial score (nSPS) is 12.5. The first-order chi connectivity index (χ1) is 7.11. The Morgan fingerprint density at radius 2 is 1.87 bits per heavy atom. The minimum Gasteiger partial charge on any atom is -0.479 e. The number of alkyl halides is 1. The molecule has 0 aliphatic heterocycles. The van der Waals surface area contributed by atoms with Crippen LogP contribution in [0.4, 0.5) is 0 Å². The molecule has 15 heavy (non-hydrogen) atoms. The molecule has 0 aliphatic rings. The second-order valence-corrected chi connectivity index (χ2v) is 5.17. The highest BCUT2D eigenvalue weighted by Crippen LogP contribution is 2.26. The van der Waals surface area contributed by atoms with Crippen LogP contribution in [0.3, 0.4) is 0 Å². The molecule has 1 nitrogen and oxygen atoms in total. The fourth-order valence-electron chi connectivity index (χ4n) is 1.17. The average molecular weight is 312 g/mol. The van der Waals surface area contributed by atoms with Gasteiger partial charge in [-0.05, 0) is 47.0 Å². The number of benzene rings is 1. The third kappa shape index (κ3) is 5.10. The van der Waals surface area contributed by atoms with Gasteiger partial charge in [0.05, 0.1) is 0 Å². The van der Waals surface area contributed by atoms with Gasteiger partial charge in [0.2, 0.25) is 0 Å². The Morgan fingerprint density at radius 1 is 1.27 bits per heavy atom. The van der Waals surface area contributed by atoms with Gasteiger partial charge < -0.3 is 4.74 Å². The van der Waals surface area contributed by atoms with Gasteiger partial charge in [0.25, 0.3) is 0 Å². The van der Waals surface area contributed by atoms with Crippen LogP contribution < -0.4 is 4.74 Å². The van der Waals surface area contributed by atoms with Crippen molar-refractivity contribution in [3.05, 3.63) is 28.2 Å². The zero-order valence-electron chi connectivity index (χ0n) is 8.47. The molecule has 0 N–H and O–H groups in total. The molecule has 1 aromatic carbocycles. The first-order valence-corrected chi connectivity index (χ1v) is 6.56. The topological polar surface area (TPSA) is 9.23 Å². The van der Waals surface area contributed by atoms with Crippen LogP contribution in [0.1, 0.15) is 26.2 Å². The SMILES string of the molecule is CCCCC(Br)Oc1cc(Cl)cc(Cl)c1. The number of rotatable bonds is 5. The molecule has 0 fully saturated rings. The Labute approximate surface area is 109 Å². The third-order valence-electron chi connectivity index (χ3n) is 1.88. The largest absolute Gasteiger partial charge is 0.479 e. The van der Waals surface area contributed by atoms with Crippen LogP contribution in [0.15, 0.2) is 18.2 Å². The molecule has 0 radical (unpaired) electrons. The third-order valence-corrected chi connectivity index (χ3v) is 2.97. The fourth-order valence-corrected chi connectivity index (χ4v) is 2.21. The number of halogens is 3. The molecule has 0 aromatic heterocycles. The van der Waals surface area contributed by atoms with Gasteiger partial charge in [-0.15, -0.1) is 0 Å². The van der Waals surface area contributed by atoms with Crippen molar-refractivity contribution in [1.82, 2.24) is 0 Å². The van der Waals surface area contributed by atoms with Crippen molar-refractivity contribution in [1.29, 1.82) is 0 Å². The van der Waals surface area contributed by atoms with Gasteiger partial charge in [-0.2, -0.15) is 0 Å². The maximum atomic E-state index is 5.86. The van der Waals surface area contributed by atoms with E-state index in [0.29, 0.717) is 15.8 Å². The molecule has 0 saturated heterocycles. The van der Waals surface area contributed by atoms with Gasteiger partial charge >= 0.3 is 0 Å². The van der Waals surface area contributed by atoms with Crippen LogP contribution in [0.5, 0.6) is 5.75 Å². The molecule has 1 unspecified atom stereocenters. The zero-order valence-corrected chi connectivity index (χ0v) is 11.6. The van der Waals surface area contributed by atoms with Gasteiger partial charge in [-0.3, -0.25) is 0 Å². The van der Waals surface area contributed by atoms with E-state index < -0.39 is 0 Å². The summed E-state index contributed by atoms with van der Waals surface area (Å²) in [6, 6.07) is 5.20. The smallest absolute Gasteiger partial charge is 0.153 e. The molecule has 0 saturated carbocycles. The molecule has 1 atom stereocenters. The maximum absolute atomic E-state index is 5.86. The molecular weight excluding hydrogens is 299 g/mol. The second kappa shape index (κ2) is 6.62. The number of hydrogen-bond donors (Lipinski definition) is 0. The molecule has 4 heteroatoms. The maximum Gasteiger partial charge on any atom is 0.153 e. The molecule has 1 rings (SSSR count). The summed E-state index contributed by atoms with van der Waals surface area (Å²) in [6.45, 7) is 2.15. The number of unbranched alkanes of at least 4 members (excludes halogenated alkanes) is 1. The van der Waals surface area contributed by atoms with Gasteiger partial charge in [0.15, 0.2) is 5.01 Å². The Balaban J connectivity index is 2.56. The van der Waals surface area contributed by atoms with E-state index in [0.717, 1.165) is 19.3 Å². The van der Waals surface area contributed by atoms with Crippen LogP contribution in [0, 0.1) is 0 Å². The van der Waals surface area contributed by atoms with Gasteiger partial charge in [-0.25, -0.2) is 0 Å². The summed E-state index contributed by atoms with van der Waals surface area (Å²) in [5.41, 5.74) is 0. The molecule has 0 bridgehead atoms. The number of ether oxygens (including phenoxy) is 1. The van der Waals surface area contributed by atoms with Crippen LogP contribution >= 0.6 is 39.1 Å². The Morgan fingerprint density at radius 3 is 2.40 bits per heavy atom. The van der Waals surface area contributed by atoms with Crippen molar-refractivity contribution in [2.24, 2.45) is 0 Å². The zero-order chi connectivity index (χ0) is 11.3. The van der Waals surface area contributed by atoms with Crippen LogP contribution in [-0.4, -0.2) is 5.01 Å². The highest BCUT2D eigenvalue weighted by Gasteiger charge is 2.06. The monoisotopic (exact) mass is 310 g/mol. The van der Waals surface area contributed by atoms with E-state index in [9.17, 15) is 0 Å². The molecule has 0 aliphatic carbocycles. The van der Waals surface area contributed by atoms with E-state index >= 15 is 0 Å². The van der Waals surface area contributed by atoms with E-state index in [2.05, 4.69) is 22.9 Å². The summed E-state index contributed by atoms with van der Waals surface area (Å²) in [7, 11) is 0. The van der Waals surface area contributed by atoms with Crippen molar-refractivity contribution in [3.8, 4) is 5.75 Å². The minimum atomic E-state index is 0.0204. The Bertz CT molecular complexity index is 297. The lowest BCUT2D eigenvalue weighted by Crippen LogP contribution is -2.07. The lowest BCUT2D eigenvalue weighted by Gasteiger charge is -2.13. The average Bonchev–Trinajstić information content (AvgIpc) is 2.13. The molecule has 1 aromatic rings. The fraction of sp³-hybridized carbons (Fsp3) is 0.455. The number of hydrogen-bond acceptors (Lipinski definition) is 1. The summed E-state index contributed by atoms with van der Waals surface area (Å²) in [5, 5.41) is 1.20. The Hall–Kier alpha value is 0.0800. The first kappa shape index (κ1) is 13.1. The molecule has 0 heterocycles. The summed E-state index contributed by atoms with van der Waals surface area (Å²) in [5.74, 6) is 0.700. The van der Waals surface area contributed by atoms with Gasteiger partial charge in [0.1, 0.15) is 5.75 Å². The van der Waals surface area contributed by atoms with E-state index in [4.69, 9.17) is 27.9 Å². The van der Waals surface area contributed by atoms with Crippen molar-refractivity contribution in [2.45, 2.75) is 31.2 Å². The minimum absolute atomic E-state index is 0.0204. The standard InChI is InChI=1S/C11H13BrCl2O/c1-2-3-4-11(12)15-10-6-8(13)5-9(14)7-10/h5-7,11H,2-4H2,1H3. The molecule has 84 valence electrons. The van der Waals surface area contributed by atoms with Crippen molar-refractivity contribution in [2.75, 3.05) is 0 Å². The molecule has 0 spiro atoms. The van der Waals surface area contributed by atoms with Crippen molar-refractivity contribution >= 4 is 39.1 Å². The van der Waals surface area contributed by atoms with Gasteiger partial charge in [-0.1, -0.05) is 36.5 Å².